The van der Waals surface area contributed by atoms with E-state index >= 15 is 0 Å². The van der Waals surface area contributed by atoms with Crippen LogP contribution in [0.1, 0.15) is 27.2 Å². The van der Waals surface area contributed by atoms with Crippen molar-refractivity contribution in [1.29, 1.82) is 0 Å². The van der Waals surface area contributed by atoms with Crippen LogP contribution in [0.5, 0.6) is 0 Å². The van der Waals surface area contributed by atoms with E-state index in [-0.39, 0.29) is 5.97 Å². The fourth-order valence-electron chi connectivity index (χ4n) is 0.280. The molecule has 1 heterocycles. The van der Waals surface area contributed by atoms with Gasteiger partial charge in [0.2, 0.25) is 0 Å². The van der Waals surface area contributed by atoms with Crippen molar-refractivity contribution < 1.29 is 19.3 Å². The Hall–Kier alpha value is -0.610. The Morgan fingerprint density at radius 2 is 2.08 bits per heavy atom. The number of rotatable bonds is 3. The molecular weight excluding hydrogens is 160 g/mol. The molecule has 12 heavy (non-hydrogen) atoms. The third-order valence-electron chi connectivity index (χ3n) is 1.06. The fourth-order valence-corrected chi connectivity index (χ4v) is 0.280. The maximum Gasteiger partial charge on any atom is 0.342 e. The summed E-state index contributed by atoms with van der Waals surface area (Å²) in [6, 6.07) is 0. The number of ether oxygens (including phenoxy) is 1. The van der Waals surface area contributed by atoms with E-state index < -0.39 is 0 Å². The highest BCUT2D eigenvalue weighted by Gasteiger charge is 2.13. The zero-order valence-electron chi connectivity index (χ0n) is 7.83. The van der Waals surface area contributed by atoms with Crippen molar-refractivity contribution in [2.24, 2.45) is 0 Å². The van der Waals surface area contributed by atoms with Crippen LogP contribution < -0.4 is 0 Å². The summed E-state index contributed by atoms with van der Waals surface area (Å²) in [5, 5.41) is 0. The Labute approximate surface area is 72.7 Å². The predicted octanol–water partition coefficient (Wildman–Crippen LogP) is 1.30. The van der Waals surface area contributed by atoms with Crippen LogP contribution in [0.15, 0.2) is 0 Å². The first-order valence-corrected chi connectivity index (χ1v) is 4.14. The maximum absolute atomic E-state index is 10.2. The topological polar surface area (TPSA) is 48.1 Å². The van der Waals surface area contributed by atoms with Gasteiger partial charge in [0.15, 0.2) is 0 Å². The van der Waals surface area contributed by atoms with Crippen LogP contribution in [0.2, 0.25) is 0 Å². The van der Waals surface area contributed by atoms with Crippen molar-refractivity contribution in [1.82, 2.24) is 0 Å². The lowest BCUT2D eigenvalue weighted by molar-refractivity contribution is -0.269. The Kier molecular flexibility index (Phi) is 6.70. The average Bonchev–Trinajstić information content (AvgIpc) is 2.84. The van der Waals surface area contributed by atoms with Gasteiger partial charge in [-0.2, -0.15) is 4.89 Å². The summed E-state index contributed by atoms with van der Waals surface area (Å²) in [7, 11) is 0. The van der Waals surface area contributed by atoms with E-state index in [0.29, 0.717) is 19.1 Å². The molecule has 4 heteroatoms. The molecule has 1 unspecified atom stereocenters. The summed E-state index contributed by atoms with van der Waals surface area (Å²) >= 11 is 0. The van der Waals surface area contributed by atoms with Gasteiger partial charge in [0.05, 0.1) is 19.3 Å². The van der Waals surface area contributed by atoms with Gasteiger partial charge in [-0.15, -0.1) is 0 Å². The summed E-state index contributed by atoms with van der Waals surface area (Å²) in [5.74, 6) is -0.327. The molecule has 4 nitrogen and oxygen atoms in total. The molecule has 1 rings (SSSR count). The van der Waals surface area contributed by atoms with Gasteiger partial charge >= 0.3 is 5.97 Å². The van der Waals surface area contributed by atoms with Gasteiger partial charge in [0, 0.05) is 6.42 Å². The molecule has 0 spiro atoms. The highest BCUT2D eigenvalue weighted by Crippen LogP contribution is 2.04. The first-order valence-electron chi connectivity index (χ1n) is 4.14. The van der Waals surface area contributed by atoms with Crippen LogP contribution in [0.4, 0.5) is 0 Å². The van der Waals surface area contributed by atoms with E-state index in [1.807, 2.05) is 0 Å². The van der Waals surface area contributed by atoms with Crippen LogP contribution in [0.25, 0.3) is 0 Å². The lowest BCUT2D eigenvalue weighted by Gasteiger charge is -1.95. The lowest BCUT2D eigenvalue weighted by atomic mass is 10.5. The minimum atomic E-state index is -0.327. The number of carbonyl (C=O) groups is 1. The number of hydrogen-bond donors (Lipinski definition) is 0. The molecule has 1 aliphatic rings. The number of hydrogen-bond acceptors (Lipinski definition) is 4. The van der Waals surface area contributed by atoms with E-state index in [0.717, 1.165) is 6.61 Å². The zero-order valence-corrected chi connectivity index (χ0v) is 7.83. The molecule has 0 aromatic heterocycles. The Bertz CT molecular complexity index is 120. The lowest BCUT2D eigenvalue weighted by Crippen LogP contribution is -2.02. The highest BCUT2D eigenvalue weighted by atomic mass is 17.2. The Morgan fingerprint density at radius 3 is 2.33 bits per heavy atom. The first kappa shape index (κ1) is 11.4. The van der Waals surface area contributed by atoms with Crippen LogP contribution in [0, 0.1) is 0 Å². The summed E-state index contributed by atoms with van der Waals surface area (Å²) < 4.78 is 4.71. The molecule has 0 aliphatic carbocycles. The highest BCUT2D eigenvalue weighted by molar-refractivity contribution is 5.68. The van der Waals surface area contributed by atoms with E-state index in [1.54, 1.807) is 13.8 Å². The third-order valence-corrected chi connectivity index (χ3v) is 1.06. The van der Waals surface area contributed by atoms with Crippen molar-refractivity contribution in [2.45, 2.75) is 33.3 Å². The van der Waals surface area contributed by atoms with E-state index in [4.69, 9.17) is 4.74 Å². The van der Waals surface area contributed by atoms with Gasteiger partial charge in [-0.1, -0.05) is 6.92 Å². The molecule has 72 valence electrons. The SMILES string of the molecule is CC1CO1.CCOOC(=O)CC. The molecule has 1 atom stereocenters. The quantitative estimate of drug-likeness (QED) is 0.369. The van der Waals surface area contributed by atoms with Crippen molar-refractivity contribution in [2.75, 3.05) is 13.2 Å². The van der Waals surface area contributed by atoms with Gasteiger partial charge in [0.25, 0.3) is 0 Å². The smallest absolute Gasteiger partial charge is 0.342 e. The van der Waals surface area contributed by atoms with Crippen LogP contribution in [-0.2, 0) is 19.3 Å². The summed E-state index contributed by atoms with van der Waals surface area (Å²) in [6.07, 6.45) is 0.944. The fraction of sp³-hybridized carbons (Fsp3) is 0.875. The second kappa shape index (κ2) is 7.06. The van der Waals surface area contributed by atoms with E-state index in [9.17, 15) is 4.79 Å². The van der Waals surface area contributed by atoms with Crippen LogP contribution in [0.3, 0.4) is 0 Å². The van der Waals surface area contributed by atoms with Gasteiger partial charge < -0.3 is 4.74 Å². The standard InChI is InChI=1S/C5H10O3.C3H6O/c1-3-5(6)8-7-4-2;1-3-2-4-3/h3-4H2,1-2H3;3H,2H2,1H3. The zero-order chi connectivity index (χ0) is 9.40. The molecule has 0 N–H and O–H groups in total. The summed E-state index contributed by atoms with van der Waals surface area (Å²) in [4.78, 5) is 18.8. The van der Waals surface area contributed by atoms with Gasteiger partial charge in [-0.3, -0.25) is 4.89 Å². The molecule has 1 fully saturated rings. The first-order chi connectivity index (χ1) is 5.70. The minimum absolute atomic E-state index is 0.327. The minimum Gasteiger partial charge on any atom is -0.373 e. The number of epoxide rings is 1. The monoisotopic (exact) mass is 176 g/mol. The predicted molar refractivity (Wildman–Crippen MR) is 43.4 cm³/mol. The van der Waals surface area contributed by atoms with Gasteiger partial charge in [0.1, 0.15) is 0 Å². The second-order valence-corrected chi connectivity index (χ2v) is 2.36. The second-order valence-electron chi connectivity index (χ2n) is 2.36. The van der Waals surface area contributed by atoms with Crippen molar-refractivity contribution >= 4 is 5.97 Å². The Balaban J connectivity index is 0.000000247. The molecule has 0 radical (unpaired) electrons. The van der Waals surface area contributed by atoms with Crippen LogP contribution >= 0.6 is 0 Å². The number of carbonyl (C=O) groups excluding carboxylic acids is 1. The average molecular weight is 176 g/mol. The molecular formula is C8H16O4. The molecule has 1 aliphatic heterocycles. The van der Waals surface area contributed by atoms with Crippen molar-refractivity contribution in [3.05, 3.63) is 0 Å². The van der Waals surface area contributed by atoms with Gasteiger partial charge in [-0.05, 0) is 13.8 Å². The summed E-state index contributed by atoms with van der Waals surface area (Å²) in [6.45, 7) is 6.91. The summed E-state index contributed by atoms with van der Waals surface area (Å²) in [5.41, 5.74) is 0. The molecule has 0 amide bonds. The Morgan fingerprint density at radius 1 is 1.58 bits per heavy atom. The van der Waals surface area contributed by atoms with E-state index in [1.165, 1.54) is 0 Å². The van der Waals surface area contributed by atoms with Crippen molar-refractivity contribution in [3.8, 4) is 0 Å². The third kappa shape index (κ3) is 9.39. The molecule has 0 saturated carbocycles. The van der Waals surface area contributed by atoms with Crippen LogP contribution in [-0.4, -0.2) is 25.3 Å². The maximum atomic E-state index is 10.2. The molecule has 1 saturated heterocycles. The normalized spacial score (nSPS) is 19.1. The van der Waals surface area contributed by atoms with Crippen molar-refractivity contribution in [3.63, 3.8) is 0 Å². The van der Waals surface area contributed by atoms with Gasteiger partial charge in [-0.25, -0.2) is 4.79 Å². The largest absolute Gasteiger partial charge is 0.373 e. The van der Waals surface area contributed by atoms with E-state index in [2.05, 4.69) is 16.7 Å². The molecule has 0 aromatic rings. The molecule has 0 aromatic carbocycles. The molecule has 0 bridgehead atoms.